The predicted octanol–water partition coefficient (Wildman–Crippen LogP) is -8.42. The molecule has 4 N–H and O–H groups in total. The first-order valence-corrected chi connectivity index (χ1v) is 11.9. The van der Waals surface area contributed by atoms with Crippen LogP contribution in [0.15, 0.2) is 15.8 Å². The first-order chi connectivity index (χ1) is 13.1. The molecule has 0 aliphatic carbocycles. The van der Waals surface area contributed by atoms with Gasteiger partial charge in [-0.15, -0.1) is 0 Å². The van der Waals surface area contributed by atoms with E-state index in [0.717, 1.165) is 4.57 Å². The summed E-state index contributed by atoms with van der Waals surface area (Å²) in [5, 5.41) is 9.96. The van der Waals surface area contributed by atoms with Gasteiger partial charge in [-0.1, -0.05) is 0 Å². The molecule has 1 aromatic heterocycles. The van der Waals surface area contributed by atoms with Crippen molar-refractivity contribution in [2.75, 3.05) is 6.61 Å². The van der Waals surface area contributed by atoms with Crippen LogP contribution in [-0.4, -0.2) is 43.3 Å². The number of aromatic nitrogens is 2. The minimum Gasteiger partial charge on any atom is -0.756 e. The molecule has 166 valence electrons. The van der Waals surface area contributed by atoms with Gasteiger partial charge in [-0.25, -0.2) is 18.0 Å². The maximum absolute atomic E-state index is 11.8. The second-order valence-corrected chi connectivity index (χ2v) is 10.1. The smallest absolute Gasteiger partial charge is 0.756 e. The van der Waals surface area contributed by atoms with Crippen molar-refractivity contribution >= 4 is 23.5 Å². The molecule has 1 aliphatic rings. The van der Waals surface area contributed by atoms with E-state index in [9.17, 15) is 43.1 Å². The van der Waals surface area contributed by atoms with Gasteiger partial charge in [-0.05, 0) is 6.92 Å². The Morgan fingerprint density at radius 2 is 1.81 bits per heavy atom. The van der Waals surface area contributed by atoms with Crippen LogP contribution < -0.4 is 80.2 Å². The van der Waals surface area contributed by atoms with Gasteiger partial charge >= 0.3 is 72.6 Å². The third-order valence-electron chi connectivity index (χ3n) is 3.47. The van der Waals surface area contributed by atoms with Crippen molar-refractivity contribution in [2.45, 2.75) is 31.8 Å². The molecule has 0 saturated carbocycles. The van der Waals surface area contributed by atoms with Gasteiger partial charge in [0.2, 0.25) is 0 Å². The minimum absolute atomic E-state index is 0. The fourth-order valence-corrected chi connectivity index (χ4v) is 5.23. The summed E-state index contributed by atoms with van der Waals surface area (Å²) >= 11 is 0. The van der Waals surface area contributed by atoms with E-state index in [-0.39, 0.29) is 71.1 Å². The van der Waals surface area contributed by atoms with E-state index in [1.165, 1.54) is 13.1 Å². The summed E-state index contributed by atoms with van der Waals surface area (Å²) in [6.45, 7) is 0.493. The fraction of sp³-hybridized carbons (Fsp3) is 0.600. The number of aromatic amines is 1. The second-order valence-electron chi connectivity index (χ2n) is 5.75. The number of phosphoric ester groups is 1. The molecule has 3 unspecified atom stereocenters. The molecule has 0 aromatic carbocycles. The molecular formula is C10H15N2Na2O14P3. The summed E-state index contributed by atoms with van der Waals surface area (Å²) in [4.78, 5) is 64.4. The number of rotatable bonds is 8. The minimum atomic E-state index is -5.99. The molecule has 16 nitrogen and oxygen atoms in total. The number of hydrogen-bond donors (Lipinski definition) is 4. The van der Waals surface area contributed by atoms with Crippen LogP contribution in [0.25, 0.3) is 0 Å². The number of aryl methyl sites for hydroxylation is 1. The van der Waals surface area contributed by atoms with E-state index in [4.69, 9.17) is 9.63 Å². The standard InChI is InChI=1S/C10H17N2O14P3.2Na/c1-5-3-12(10(15)11-9(5)14)8-2-6(13)7(24-8)4-23-28(19,20)26-29(21,22)25-27(16,17)18;;/h3,6-8,13H,2,4H2,1H3,(H,19,20)(H,21,22)(H,11,14,15)(H2,16,17,18);;/q;2*+1/p-2/t6-,7+,8+;;/m0../s1/i1+1,2+1,3+1,4+1,5+1,6+1,7+1,8+1,9+1,10+1,11+1,12+1;;. The first-order valence-electron chi connectivity index (χ1n) is 7.49. The van der Waals surface area contributed by atoms with Crippen molar-refractivity contribution in [3.8, 4) is 0 Å². The molecule has 2 rings (SSSR count). The molecule has 1 saturated heterocycles. The third kappa shape index (κ3) is 10.0. The number of aliphatic hydroxyl groups excluding tert-OH is 1. The number of hydrogen-bond acceptors (Lipinski definition) is 12. The Morgan fingerprint density at radius 3 is 2.35 bits per heavy atom. The van der Waals surface area contributed by atoms with Crippen LogP contribution in [0.5, 0.6) is 0 Å². The largest absolute Gasteiger partial charge is 1.00 e. The fourth-order valence-electron chi connectivity index (χ4n) is 2.29. The third-order valence-corrected chi connectivity index (χ3v) is 7.19. The molecular weight excluding hydrogens is 523 g/mol. The van der Waals surface area contributed by atoms with Gasteiger partial charge in [-0.3, -0.25) is 28.0 Å². The number of ether oxygens (including phenoxy) is 1. The Morgan fingerprint density at radius 1 is 1.23 bits per heavy atom. The molecule has 0 radical (unpaired) electrons. The summed E-state index contributed by atoms with van der Waals surface area (Å²) in [6.07, 6.45) is -2.78. The Kier molecular flexibility index (Phi) is 12.5. The summed E-state index contributed by atoms with van der Waals surface area (Å²) in [5.41, 5.74) is -1.30. The van der Waals surface area contributed by atoms with Crippen LogP contribution in [-0.2, 0) is 31.6 Å². The van der Waals surface area contributed by atoms with Crippen LogP contribution in [0.1, 0.15) is 18.2 Å². The quantitative estimate of drug-likeness (QED) is 0.136. The molecule has 21 heteroatoms. The van der Waals surface area contributed by atoms with E-state index < -0.39 is 59.8 Å². The van der Waals surface area contributed by atoms with E-state index >= 15 is 0 Å². The number of nitrogens with zero attached hydrogens (tertiary/aromatic N) is 1. The molecule has 1 aliphatic heterocycles. The monoisotopic (exact) mass is 538 g/mol. The second kappa shape index (κ2) is 12.1. The van der Waals surface area contributed by atoms with Crippen molar-refractivity contribution < 1.29 is 115 Å². The van der Waals surface area contributed by atoms with Crippen molar-refractivity contribution in [3.63, 3.8) is 0 Å². The van der Waals surface area contributed by atoms with Gasteiger partial charge in [0.25, 0.3) is 21.2 Å². The van der Waals surface area contributed by atoms with Crippen molar-refractivity contribution in [1.82, 2.24) is 9.55 Å². The van der Waals surface area contributed by atoms with Gasteiger partial charge in [0.15, 0.2) is 0 Å². The van der Waals surface area contributed by atoms with Gasteiger partial charge in [0.1, 0.15) is 12.3 Å². The average Bonchev–Trinajstić information content (AvgIpc) is 2.86. The molecule has 0 bridgehead atoms. The summed E-state index contributed by atoms with van der Waals surface area (Å²) in [7, 11) is -17.3. The topological polar surface area (TPSA) is 250 Å². The summed E-state index contributed by atoms with van der Waals surface area (Å²) in [6, 6.07) is 0. The first kappa shape index (κ1) is 32.0. The maximum atomic E-state index is 11.8. The Hall–Kier alpha value is 1.01. The van der Waals surface area contributed by atoms with Crippen LogP contribution in [0.2, 0.25) is 0 Å². The van der Waals surface area contributed by atoms with Gasteiger partial charge in [-0.2, -0.15) is 0 Å². The van der Waals surface area contributed by atoms with Crippen LogP contribution in [0, 0.1) is 6.92 Å². The van der Waals surface area contributed by atoms with Crippen LogP contribution >= 0.6 is 23.5 Å². The number of nitrogens with one attached hydrogen (secondary N) is 1. The zero-order valence-electron chi connectivity index (χ0n) is 16.3. The summed E-state index contributed by atoms with van der Waals surface area (Å²) in [5.74, 6) is 0. The molecule has 1 fully saturated rings. The zero-order chi connectivity index (χ0) is 22.2. The SMILES string of the molecule is [13CH3][13c]1[13cH][15n]([13C@H]2[13CH2][13C@H](O)[13C@@H]([13CH2]OP(=O)(O)OP(=O)([O-])OP(=O)([O-])O)O2)[13c](=O)[15nH][13c]1=O.[Na+].[Na+]. The Bertz CT molecular complexity index is 1020. The van der Waals surface area contributed by atoms with Crippen molar-refractivity contribution in [2.24, 2.45) is 0 Å². The van der Waals surface area contributed by atoms with E-state index in [0.29, 0.717) is 0 Å². The molecule has 0 amide bonds. The number of aliphatic hydroxyl groups is 1. The van der Waals surface area contributed by atoms with Gasteiger partial charge in [0.05, 0.1) is 12.7 Å². The molecule has 31 heavy (non-hydrogen) atoms. The normalized spacial score (nSPS) is 26.6. The number of H-pyrrole nitrogens is 1. The van der Waals surface area contributed by atoms with Crippen molar-refractivity contribution in [1.29, 1.82) is 0 Å². The Balaban J connectivity index is 0.00000450. The van der Waals surface area contributed by atoms with E-state index in [1.54, 1.807) is 0 Å². The Labute approximate surface area is 217 Å². The molecule has 2 heterocycles. The van der Waals surface area contributed by atoms with Crippen LogP contribution in [0.3, 0.4) is 0 Å². The average molecular weight is 538 g/mol. The number of phosphoric acid groups is 3. The van der Waals surface area contributed by atoms with Crippen LogP contribution in [0.4, 0.5) is 0 Å². The molecule has 1 aromatic rings. The van der Waals surface area contributed by atoms with Crippen molar-refractivity contribution in [3.05, 3.63) is 32.6 Å². The summed E-state index contributed by atoms with van der Waals surface area (Å²) < 4.78 is 50.4. The van der Waals surface area contributed by atoms with E-state index in [2.05, 4.69) is 13.1 Å². The van der Waals surface area contributed by atoms with E-state index in [1.807, 2.05) is 4.98 Å². The zero-order valence-corrected chi connectivity index (χ0v) is 23.0. The van der Waals surface area contributed by atoms with Gasteiger partial charge in [0, 0.05) is 18.2 Å². The molecule has 0 spiro atoms. The molecule has 6 atom stereocenters. The maximum Gasteiger partial charge on any atom is 1.00 e. The predicted molar refractivity (Wildman–Crippen MR) is 86.0 cm³/mol. The van der Waals surface area contributed by atoms with Gasteiger partial charge < -0.3 is 29.4 Å².